The Morgan fingerprint density at radius 2 is 1.79 bits per heavy atom. The van der Waals surface area contributed by atoms with Crippen molar-refractivity contribution in [3.8, 4) is 0 Å². The number of amides is 1. The number of benzene rings is 1. The summed E-state index contributed by atoms with van der Waals surface area (Å²) in [5, 5.41) is 6.31. The van der Waals surface area contributed by atoms with Gasteiger partial charge in [-0.25, -0.2) is 0 Å². The third-order valence-electron chi connectivity index (χ3n) is 4.54. The number of anilines is 3. The summed E-state index contributed by atoms with van der Waals surface area (Å²) in [6.07, 6.45) is 6.60. The Hall–Kier alpha value is -2.56. The van der Waals surface area contributed by atoms with Crippen LogP contribution in [0.3, 0.4) is 0 Å². The molecule has 0 bridgehead atoms. The number of nitrogens with zero attached hydrogens (tertiary/aromatic N) is 2. The fourth-order valence-corrected chi connectivity index (χ4v) is 3.03. The van der Waals surface area contributed by atoms with Crippen molar-refractivity contribution in [3.05, 3.63) is 48.3 Å². The summed E-state index contributed by atoms with van der Waals surface area (Å²) < 4.78 is 0. The monoisotopic (exact) mass is 322 g/mol. The Balaban J connectivity index is 1.41. The molecule has 0 spiro atoms. The molecule has 2 aliphatic rings. The molecule has 2 aromatic rings. The van der Waals surface area contributed by atoms with E-state index in [1.807, 2.05) is 24.3 Å². The minimum absolute atomic E-state index is 0.177. The van der Waals surface area contributed by atoms with E-state index in [0.29, 0.717) is 11.7 Å². The zero-order valence-electron chi connectivity index (χ0n) is 13.7. The molecule has 124 valence electrons. The van der Waals surface area contributed by atoms with E-state index >= 15 is 0 Å². The first kappa shape index (κ1) is 15.0. The van der Waals surface area contributed by atoms with Crippen molar-refractivity contribution in [2.24, 2.45) is 0 Å². The molecule has 2 fully saturated rings. The zero-order valence-corrected chi connectivity index (χ0v) is 13.7. The van der Waals surface area contributed by atoms with E-state index in [2.05, 4.69) is 32.7 Å². The van der Waals surface area contributed by atoms with Crippen molar-refractivity contribution in [3.63, 3.8) is 0 Å². The first-order valence-electron chi connectivity index (χ1n) is 8.67. The highest BCUT2D eigenvalue weighted by Gasteiger charge is 2.21. The van der Waals surface area contributed by atoms with Gasteiger partial charge in [-0.1, -0.05) is 0 Å². The zero-order chi connectivity index (χ0) is 16.4. The molecule has 1 aromatic heterocycles. The van der Waals surface area contributed by atoms with Crippen LogP contribution in [-0.4, -0.2) is 30.0 Å². The van der Waals surface area contributed by atoms with E-state index in [-0.39, 0.29) is 5.91 Å². The van der Waals surface area contributed by atoms with Gasteiger partial charge in [-0.05, 0) is 62.1 Å². The first-order valence-corrected chi connectivity index (χ1v) is 8.67. The van der Waals surface area contributed by atoms with Crippen molar-refractivity contribution in [1.29, 1.82) is 0 Å². The Morgan fingerprint density at radius 1 is 1.04 bits per heavy atom. The van der Waals surface area contributed by atoms with Gasteiger partial charge >= 0.3 is 0 Å². The fourth-order valence-electron chi connectivity index (χ4n) is 3.03. The van der Waals surface area contributed by atoms with Gasteiger partial charge in [-0.3, -0.25) is 9.78 Å². The molecule has 2 N–H and O–H groups in total. The summed E-state index contributed by atoms with van der Waals surface area (Å²) in [6.45, 7) is 2.24. The summed E-state index contributed by atoms with van der Waals surface area (Å²) in [5.74, 6) is -0.177. The SMILES string of the molecule is O=C(Nc1ccc(N2CCCC2)cc1)c1cc(NC2CC2)ccn1. The highest BCUT2D eigenvalue weighted by Crippen LogP contribution is 2.25. The largest absolute Gasteiger partial charge is 0.382 e. The summed E-state index contributed by atoms with van der Waals surface area (Å²) in [5.41, 5.74) is 3.41. The lowest BCUT2D eigenvalue weighted by molar-refractivity contribution is 0.102. The average molecular weight is 322 g/mol. The predicted molar refractivity (Wildman–Crippen MR) is 96.7 cm³/mol. The van der Waals surface area contributed by atoms with E-state index in [1.165, 1.54) is 31.4 Å². The minimum Gasteiger partial charge on any atom is -0.382 e. The van der Waals surface area contributed by atoms with Crippen LogP contribution in [0.5, 0.6) is 0 Å². The second-order valence-electron chi connectivity index (χ2n) is 6.54. The number of pyridine rings is 1. The van der Waals surface area contributed by atoms with Crippen LogP contribution in [0, 0.1) is 0 Å². The quantitative estimate of drug-likeness (QED) is 0.884. The van der Waals surface area contributed by atoms with E-state index in [9.17, 15) is 4.79 Å². The Morgan fingerprint density at radius 3 is 2.50 bits per heavy atom. The van der Waals surface area contributed by atoms with Gasteiger partial charge in [0.15, 0.2) is 0 Å². The van der Waals surface area contributed by atoms with E-state index in [0.717, 1.165) is 24.5 Å². The van der Waals surface area contributed by atoms with Crippen LogP contribution in [-0.2, 0) is 0 Å². The van der Waals surface area contributed by atoms with Crippen LogP contribution in [0.15, 0.2) is 42.6 Å². The number of nitrogens with one attached hydrogen (secondary N) is 2. The van der Waals surface area contributed by atoms with Crippen molar-refractivity contribution >= 4 is 23.0 Å². The lowest BCUT2D eigenvalue weighted by atomic mass is 10.2. The predicted octanol–water partition coefficient (Wildman–Crippen LogP) is 3.51. The molecule has 5 heteroatoms. The molecule has 0 unspecified atom stereocenters. The molecular formula is C19H22N4O. The van der Waals surface area contributed by atoms with Crippen LogP contribution in [0.25, 0.3) is 0 Å². The number of hydrogen-bond donors (Lipinski definition) is 2. The van der Waals surface area contributed by atoms with Gasteiger partial charge in [-0.15, -0.1) is 0 Å². The molecule has 0 radical (unpaired) electrons. The maximum absolute atomic E-state index is 12.4. The molecule has 1 aliphatic carbocycles. The van der Waals surface area contributed by atoms with E-state index < -0.39 is 0 Å². The Labute approximate surface area is 142 Å². The van der Waals surface area contributed by atoms with Gasteiger partial charge in [0.05, 0.1) is 0 Å². The smallest absolute Gasteiger partial charge is 0.274 e. The molecular weight excluding hydrogens is 300 g/mol. The highest BCUT2D eigenvalue weighted by atomic mass is 16.1. The number of carbonyl (C=O) groups excluding carboxylic acids is 1. The van der Waals surface area contributed by atoms with Gasteiger partial charge in [0.1, 0.15) is 5.69 Å². The first-order chi connectivity index (χ1) is 11.8. The molecule has 1 amide bonds. The van der Waals surface area contributed by atoms with E-state index in [4.69, 9.17) is 0 Å². The number of carbonyl (C=O) groups is 1. The van der Waals surface area contributed by atoms with Crippen LogP contribution in [0.1, 0.15) is 36.2 Å². The molecule has 5 nitrogen and oxygen atoms in total. The van der Waals surface area contributed by atoms with Gasteiger partial charge in [0, 0.05) is 42.4 Å². The molecule has 2 heterocycles. The van der Waals surface area contributed by atoms with Crippen LogP contribution in [0.4, 0.5) is 17.1 Å². The van der Waals surface area contributed by atoms with Gasteiger partial charge in [0.2, 0.25) is 0 Å². The minimum atomic E-state index is -0.177. The van der Waals surface area contributed by atoms with Crippen molar-refractivity contribution in [2.75, 3.05) is 28.6 Å². The summed E-state index contributed by atoms with van der Waals surface area (Å²) in [6, 6.07) is 12.3. The molecule has 1 saturated heterocycles. The van der Waals surface area contributed by atoms with Crippen LogP contribution >= 0.6 is 0 Å². The number of hydrogen-bond acceptors (Lipinski definition) is 4. The lowest BCUT2D eigenvalue weighted by Crippen LogP contribution is -2.18. The molecule has 1 aromatic carbocycles. The topological polar surface area (TPSA) is 57.3 Å². The van der Waals surface area contributed by atoms with Crippen molar-refractivity contribution in [2.45, 2.75) is 31.7 Å². The second kappa shape index (κ2) is 6.51. The maximum atomic E-state index is 12.4. The molecule has 1 aliphatic heterocycles. The highest BCUT2D eigenvalue weighted by molar-refractivity contribution is 6.03. The molecule has 1 saturated carbocycles. The molecule has 0 atom stereocenters. The molecule has 24 heavy (non-hydrogen) atoms. The summed E-state index contributed by atoms with van der Waals surface area (Å²) in [7, 11) is 0. The van der Waals surface area contributed by atoms with E-state index in [1.54, 1.807) is 6.20 Å². The average Bonchev–Trinajstić information content (AvgIpc) is 3.25. The normalized spacial score (nSPS) is 16.9. The summed E-state index contributed by atoms with van der Waals surface area (Å²) >= 11 is 0. The lowest BCUT2D eigenvalue weighted by Gasteiger charge is -2.17. The summed E-state index contributed by atoms with van der Waals surface area (Å²) in [4.78, 5) is 19.0. The molecule has 4 rings (SSSR count). The van der Waals surface area contributed by atoms with Crippen molar-refractivity contribution < 1.29 is 4.79 Å². The van der Waals surface area contributed by atoms with Crippen molar-refractivity contribution in [1.82, 2.24) is 4.98 Å². The van der Waals surface area contributed by atoms with Crippen LogP contribution in [0.2, 0.25) is 0 Å². The van der Waals surface area contributed by atoms with Gasteiger partial charge < -0.3 is 15.5 Å². The Kier molecular flexibility index (Phi) is 4.07. The maximum Gasteiger partial charge on any atom is 0.274 e. The fraction of sp³-hybridized carbons (Fsp3) is 0.368. The Bertz CT molecular complexity index is 718. The third kappa shape index (κ3) is 3.50. The number of aromatic nitrogens is 1. The second-order valence-corrected chi connectivity index (χ2v) is 6.54. The standard InChI is InChI=1S/C19H22N4O/c24-19(18-13-16(9-10-20-18)21-14-3-4-14)22-15-5-7-17(8-6-15)23-11-1-2-12-23/h5-10,13-14H,1-4,11-12H2,(H,20,21)(H,22,24). The number of rotatable bonds is 5. The van der Waals surface area contributed by atoms with Gasteiger partial charge in [-0.2, -0.15) is 0 Å². The van der Waals surface area contributed by atoms with Gasteiger partial charge in [0.25, 0.3) is 5.91 Å². The van der Waals surface area contributed by atoms with Crippen LogP contribution < -0.4 is 15.5 Å². The third-order valence-corrected chi connectivity index (χ3v) is 4.54.